The quantitative estimate of drug-likeness (QED) is 0.197. The van der Waals surface area contributed by atoms with E-state index >= 15 is 0 Å². The largest absolute Gasteiger partial charge is 0.458 e. The van der Waals surface area contributed by atoms with E-state index in [-0.39, 0.29) is 18.9 Å². The summed E-state index contributed by atoms with van der Waals surface area (Å²) in [7, 11) is 0. The van der Waals surface area contributed by atoms with Gasteiger partial charge in [-0.25, -0.2) is 24.1 Å². The fourth-order valence-corrected chi connectivity index (χ4v) is 2.80. The number of rotatable bonds is 6. The van der Waals surface area contributed by atoms with E-state index in [9.17, 15) is 19.2 Å². The lowest BCUT2D eigenvalue weighted by atomic mass is 10.1. The molecule has 0 unspecified atom stereocenters. The summed E-state index contributed by atoms with van der Waals surface area (Å²) in [5.41, 5.74) is -3.19. The highest BCUT2D eigenvalue weighted by molar-refractivity contribution is 6.01. The Morgan fingerprint density at radius 3 is 1.54 bits per heavy atom. The highest BCUT2D eigenvalue weighted by Gasteiger charge is 2.32. The maximum absolute atomic E-state index is 13.0. The molecule has 226 valence electrons. The zero-order chi connectivity index (χ0) is 31.0. The molecule has 39 heavy (non-hydrogen) atoms. The van der Waals surface area contributed by atoms with Gasteiger partial charge >= 0.3 is 24.2 Å². The topological polar surface area (TPSA) is 145 Å². The van der Waals surface area contributed by atoms with Crippen LogP contribution in [0.25, 0.3) is 0 Å². The summed E-state index contributed by atoms with van der Waals surface area (Å²) in [6, 6.07) is -1.57. The van der Waals surface area contributed by atoms with E-state index in [1.54, 1.807) is 96.9 Å². The Bertz CT molecular complexity index is 887. The van der Waals surface area contributed by atoms with Gasteiger partial charge in [0, 0.05) is 12.6 Å². The third kappa shape index (κ3) is 17.2. The Kier molecular flexibility index (Phi) is 12.8. The van der Waals surface area contributed by atoms with Crippen molar-refractivity contribution < 1.29 is 38.1 Å². The van der Waals surface area contributed by atoms with E-state index in [0.29, 0.717) is 0 Å². The molecule has 0 rings (SSSR count). The van der Waals surface area contributed by atoms with Crippen LogP contribution in [0.1, 0.15) is 103 Å². The van der Waals surface area contributed by atoms with Gasteiger partial charge in [0.1, 0.15) is 28.4 Å². The van der Waals surface area contributed by atoms with E-state index in [1.807, 2.05) is 0 Å². The number of nitrogens with zero attached hydrogens (tertiary/aromatic N) is 2. The molecular formula is C27H50N4O8. The van der Waals surface area contributed by atoms with E-state index in [0.717, 1.165) is 0 Å². The molecule has 2 N–H and O–H groups in total. The average molecular weight is 559 g/mol. The minimum absolute atomic E-state index is 0.0199. The highest BCUT2D eigenvalue weighted by Crippen LogP contribution is 2.15. The Morgan fingerprint density at radius 2 is 1.13 bits per heavy atom. The second-order valence-electron chi connectivity index (χ2n) is 13.3. The van der Waals surface area contributed by atoms with Crippen LogP contribution in [0.15, 0.2) is 4.99 Å². The highest BCUT2D eigenvalue weighted by atomic mass is 16.6. The first-order chi connectivity index (χ1) is 17.3. The SMILES string of the molecule is CC(C)N(C(=O)OC(C)(C)C)C(=NCC[C@H](NC(=O)OC(C)(C)C)C(=O)OC(C)(C)C)NC(=O)OC(C)(C)C. The molecule has 12 heteroatoms. The van der Waals surface area contributed by atoms with E-state index in [4.69, 9.17) is 18.9 Å². The van der Waals surface area contributed by atoms with Crippen LogP contribution in [0.3, 0.4) is 0 Å². The van der Waals surface area contributed by atoms with Crippen LogP contribution in [0.5, 0.6) is 0 Å². The van der Waals surface area contributed by atoms with Gasteiger partial charge in [-0.3, -0.25) is 10.3 Å². The van der Waals surface area contributed by atoms with Gasteiger partial charge in [-0.2, -0.15) is 0 Å². The molecule has 0 aromatic carbocycles. The minimum atomic E-state index is -1.11. The van der Waals surface area contributed by atoms with E-state index < -0.39 is 58.7 Å². The fourth-order valence-electron chi connectivity index (χ4n) is 2.80. The summed E-state index contributed by atoms with van der Waals surface area (Å²) in [4.78, 5) is 56.5. The van der Waals surface area contributed by atoms with Gasteiger partial charge in [0.25, 0.3) is 0 Å². The number of hydrogen-bond acceptors (Lipinski definition) is 9. The molecular weight excluding hydrogens is 508 g/mol. The molecule has 12 nitrogen and oxygen atoms in total. The fraction of sp³-hybridized carbons (Fsp3) is 0.815. The minimum Gasteiger partial charge on any atom is -0.458 e. The standard InChI is InChI=1S/C27H50N4O8/c1-17(2)31(23(35)39-27(12,13)14)20(30-22(34)38-26(9,10)11)28-16-15-18(19(32)36-24(3,4)5)29-21(33)37-25(6,7)8/h17-18H,15-16H2,1-14H3,(H,29,33)(H,28,30,34)/t18-/m0/s1. The van der Waals surface area contributed by atoms with Gasteiger partial charge in [-0.1, -0.05) is 0 Å². The van der Waals surface area contributed by atoms with Gasteiger partial charge < -0.3 is 24.3 Å². The predicted octanol–water partition coefficient (Wildman–Crippen LogP) is 5.14. The molecule has 0 heterocycles. The first kappa shape index (κ1) is 35.9. The zero-order valence-electron chi connectivity index (χ0n) is 26.2. The van der Waals surface area contributed by atoms with Crippen LogP contribution in [-0.2, 0) is 23.7 Å². The van der Waals surface area contributed by atoms with Crippen molar-refractivity contribution in [3.8, 4) is 0 Å². The monoisotopic (exact) mass is 558 g/mol. The molecule has 1 atom stereocenters. The van der Waals surface area contributed by atoms with Crippen LogP contribution < -0.4 is 10.6 Å². The molecule has 0 aliphatic carbocycles. The van der Waals surface area contributed by atoms with Gasteiger partial charge in [-0.05, 0) is 103 Å². The molecule has 0 aromatic rings. The molecule has 0 saturated carbocycles. The third-order valence-electron chi connectivity index (χ3n) is 4.01. The Labute approximate surface area is 233 Å². The number of esters is 1. The lowest BCUT2D eigenvalue weighted by molar-refractivity contribution is -0.157. The van der Waals surface area contributed by atoms with Crippen molar-refractivity contribution in [2.24, 2.45) is 4.99 Å². The summed E-state index contributed by atoms with van der Waals surface area (Å²) in [5.74, 6) is -0.813. The predicted molar refractivity (Wildman–Crippen MR) is 149 cm³/mol. The Morgan fingerprint density at radius 1 is 0.692 bits per heavy atom. The van der Waals surface area contributed by atoms with Gasteiger partial charge in [0.05, 0.1) is 0 Å². The summed E-state index contributed by atoms with van der Waals surface area (Å²) in [5, 5.41) is 5.05. The average Bonchev–Trinajstić information content (AvgIpc) is 2.60. The second kappa shape index (κ2) is 13.8. The number of ether oxygens (including phenoxy) is 4. The number of alkyl carbamates (subject to hydrolysis) is 2. The number of aliphatic imine (C=N–C) groups is 1. The number of carbonyl (C=O) groups is 4. The Hall–Kier alpha value is -3.05. The zero-order valence-corrected chi connectivity index (χ0v) is 26.2. The lowest BCUT2D eigenvalue weighted by Gasteiger charge is -2.31. The molecule has 0 spiro atoms. The van der Waals surface area contributed by atoms with Crippen LogP contribution in [0.4, 0.5) is 14.4 Å². The van der Waals surface area contributed by atoms with Crippen molar-refractivity contribution in [1.29, 1.82) is 0 Å². The van der Waals surface area contributed by atoms with E-state index in [1.165, 1.54) is 4.90 Å². The number of guanidine groups is 1. The molecule has 0 aliphatic heterocycles. The number of amides is 3. The van der Waals surface area contributed by atoms with Crippen LogP contribution in [-0.4, -0.2) is 76.1 Å². The summed E-state index contributed by atoms with van der Waals surface area (Å²) in [6.07, 6.45) is -2.38. The number of carbonyl (C=O) groups excluding carboxylic acids is 4. The first-order valence-corrected chi connectivity index (χ1v) is 13.1. The van der Waals surface area contributed by atoms with Crippen molar-refractivity contribution >= 4 is 30.2 Å². The van der Waals surface area contributed by atoms with E-state index in [2.05, 4.69) is 15.6 Å². The summed E-state index contributed by atoms with van der Waals surface area (Å²) < 4.78 is 21.6. The third-order valence-corrected chi connectivity index (χ3v) is 4.01. The Balaban J connectivity index is 6.16. The normalized spacial score (nSPS) is 13.8. The van der Waals surface area contributed by atoms with Crippen LogP contribution >= 0.6 is 0 Å². The molecule has 0 fully saturated rings. The smallest absolute Gasteiger partial charge is 0.417 e. The molecule has 0 aliphatic rings. The number of nitrogens with one attached hydrogen (secondary N) is 2. The maximum atomic E-state index is 13.0. The van der Waals surface area contributed by atoms with Crippen LogP contribution in [0, 0.1) is 0 Å². The van der Waals surface area contributed by atoms with Gasteiger partial charge in [-0.15, -0.1) is 0 Å². The van der Waals surface area contributed by atoms with Gasteiger partial charge in [0.2, 0.25) is 5.96 Å². The maximum Gasteiger partial charge on any atom is 0.417 e. The van der Waals surface area contributed by atoms with Crippen molar-refractivity contribution in [3.05, 3.63) is 0 Å². The molecule has 3 amide bonds. The van der Waals surface area contributed by atoms with Crippen LogP contribution in [0.2, 0.25) is 0 Å². The second-order valence-corrected chi connectivity index (χ2v) is 13.3. The van der Waals surface area contributed by atoms with Crippen molar-refractivity contribution in [2.75, 3.05) is 6.54 Å². The molecule has 0 saturated heterocycles. The molecule has 0 bridgehead atoms. The van der Waals surface area contributed by atoms with Gasteiger partial charge in [0.15, 0.2) is 0 Å². The van der Waals surface area contributed by atoms with Crippen molar-refractivity contribution in [1.82, 2.24) is 15.5 Å². The molecule has 0 radical (unpaired) electrons. The summed E-state index contributed by atoms with van der Waals surface area (Å²) in [6.45, 7) is 23.8. The summed E-state index contributed by atoms with van der Waals surface area (Å²) >= 11 is 0. The lowest BCUT2D eigenvalue weighted by Crippen LogP contribution is -2.52. The van der Waals surface area contributed by atoms with Crippen molar-refractivity contribution in [2.45, 2.75) is 138 Å². The molecule has 0 aromatic heterocycles. The number of hydrogen-bond donors (Lipinski definition) is 2. The first-order valence-electron chi connectivity index (χ1n) is 13.1. The van der Waals surface area contributed by atoms with Crippen molar-refractivity contribution in [3.63, 3.8) is 0 Å².